The van der Waals surface area contributed by atoms with Gasteiger partial charge in [0.05, 0.1) is 9.85 Å². The van der Waals surface area contributed by atoms with Gasteiger partial charge < -0.3 is 27.2 Å². The van der Waals surface area contributed by atoms with E-state index in [-0.39, 0.29) is 190 Å². The Morgan fingerprint density at radius 2 is 1.36 bits per heavy atom. The molecule has 0 spiro atoms. The number of carbonyl (C=O) groups excluding carboxylic acids is 2. The fourth-order valence-corrected chi connectivity index (χ4v) is 4.74. The maximum absolute atomic E-state index is 12.4. The van der Waals surface area contributed by atoms with E-state index in [1.54, 1.807) is 55.7 Å². The average Bonchev–Trinajstić information content (AvgIpc) is 3.14. The van der Waals surface area contributed by atoms with Crippen molar-refractivity contribution in [2.45, 2.75) is 54.9 Å². The molecular weight excluding hydrogens is 997 g/mol. The quantitative estimate of drug-likeness (QED) is 0.0815. The molecule has 0 unspecified atom stereocenters. The van der Waals surface area contributed by atoms with Crippen LogP contribution in [-0.4, -0.2) is 38.3 Å². The van der Waals surface area contributed by atoms with Crippen LogP contribution in [0.4, 0.5) is 27.1 Å². The summed E-state index contributed by atoms with van der Waals surface area (Å²) >= 11 is 0. The molecule has 0 saturated carbocycles. The van der Waals surface area contributed by atoms with Crippen LogP contribution in [0.15, 0.2) is 113 Å². The number of nitrogen functional groups attached to an aromatic ring is 1. The maximum Gasteiger partial charge on any atom is 1.00 e. The van der Waals surface area contributed by atoms with Crippen LogP contribution in [0.5, 0.6) is 0 Å². The Morgan fingerprint density at radius 3 is 1.81 bits per heavy atom. The molecule has 16 nitrogen and oxygen atoms in total. The zero-order valence-corrected chi connectivity index (χ0v) is 44.1. The summed E-state index contributed by atoms with van der Waals surface area (Å²) in [6.07, 6.45) is 6.01. The van der Waals surface area contributed by atoms with E-state index in [1.165, 1.54) is 29.7 Å². The zero-order valence-electron chi connectivity index (χ0n) is 32.5. The van der Waals surface area contributed by atoms with Crippen LogP contribution < -0.4 is 165 Å². The number of benzene rings is 3. The van der Waals surface area contributed by atoms with Crippen LogP contribution in [0, 0.1) is 46.8 Å². The number of piperidine rings is 1. The molecule has 0 radical (unpaired) electrons. The van der Waals surface area contributed by atoms with E-state index in [4.69, 9.17) is 15.8 Å². The number of hydrogen-bond donors (Lipinski definition) is 2. The molecule has 1 aliphatic rings. The van der Waals surface area contributed by atoms with E-state index in [0.717, 1.165) is 54.5 Å². The Balaban J connectivity index is -0.000000217. The van der Waals surface area contributed by atoms with Crippen molar-refractivity contribution in [1.29, 1.82) is 0 Å². The third-order valence-electron chi connectivity index (χ3n) is 7.44. The van der Waals surface area contributed by atoms with E-state index in [1.807, 2.05) is 30.0 Å². The predicted octanol–water partition coefficient (Wildman–Crippen LogP) is 0.639. The fraction of sp³-hybridized carbons (Fsp3) is 0.231. The van der Waals surface area contributed by atoms with Crippen molar-refractivity contribution in [2.75, 3.05) is 17.2 Å². The summed E-state index contributed by atoms with van der Waals surface area (Å²) in [5, 5.41) is 29.3. The summed E-state index contributed by atoms with van der Waals surface area (Å²) in [4.78, 5) is 69.0. The molecule has 0 aliphatic carbocycles. The number of nitro benzene ring substituents is 2. The van der Waals surface area contributed by atoms with Gasteiger partial charge in [-0.15, -0.1) is 0 Å². The molecular formula is C39H49Cs2FN6O10. The smallest absolute Gasteiger partial charge is 1.00 e. The Hall–Kier alpha value is -2.91. The van der Waals surface area contributed by atoms with Gasteiger partial charge in [0, 0.05) is 79.2 Å². The zero-order chi connectivity index (χ0) is 40.2. The van der Waals surface area contributed by atoms with Crippen molar-refractivity contribution in [2.24, 2.45) is 0 Å². The molecule has 58 heavy (non-hydrogen) atoms. The molecule has 3 heterocycles. The van der Waals surface area contributed by atoms with Gasteiger partial charge in [0.2, 0.25) is 11.5 Å². The number of nitro groups is 2. The van der Waals surface area contributed by atoms with E-state index in [0.29, 0.717) is 23.2 Å². The number of aromatic nitrogens is 2. The van der Waals surface area contributed by atoms with Gasteiger partial charge in [-0.3, -0.25) is 44.0 Å². The van der Waals surface area contributed by atoms with Gasteiger partial charge in [-0.25, -0.2) is 4.39 Å². The van der Waals surface area contributed by atoms with Crippen molar-refractivity contribution in [3.8, 4) is 5.69 Å². The Bertz CT molecular complexity index is 2160. The van der Waals surface area contributed by atoms with Gasteiger partial charge >= 0.3 is 138 Å². The first kappa shape index (κ1) is 59.4. The van der Waals surface area contributed by atoms with E-state index in [2.05, 4.69) is 9.87 Å². The van der Waals surface area contributed by atoms with Crippen LogP contribution in [0.25, 0.3) is 5.69 Å². The van der Waals surface area contributed by atoms with Crippen LogP contribution in [0.2, 0.25) is 0 Å². The third kappa shape index (κ3) is 20.9. The first-order valence-electron chi connectivity index (χ1n) is 16.1. The third-order valence-corrected chi connectivity index (χ3v) is 7.44. The number of rotatable bonds is 5. The number of aromatic amines is 1. The predicted molar refractivity (Wildman–Crippen MR) is 214 cm³/mol. The summed E-state index contributed by atoms with van der Waals surface area (Å²) in [5.41, 5.74) is 9.82. The number of anilines is 2. The number of carbonyl (C=O) groups is 2. The van der Waals surface area contributed by atoms with Gasteiger partial charge in [-0.2, -0.15) is 0 Å². The molecule has 3 N–H and O–H groups in total. The molecule has 5 aromatic rings. The van der Waals surface area contributed by atoms with Crippen LogP contribution >= 0.6 is 0 Å². The number of pyridine rings is 2. The second-order valence-electron chi connectivity index (χ2n) is 11.3. The van der Waals surface area contributed by atoms with Crippen LogP contribution in [0.3, 0.4) is 0 Å². The molecule has 304 valence electrons. The molecule has 2 aromatic heterocycles. The molecule has 3 aromatic carbocycles. The van der Waals surface area contributed by atoms with Gasteiger partial charge in [0.15, 0.2) is 0 Å². The Morgan fingerprint density at radius 1 is 0.810 bits per heavy atom. The first-order chi connectivity index (χ1) is 25.7. The van der Waals surface area contributed by atoms with E-state index in [9.17, 15) is 39.0 Å². The van der Waals surface area contributed by atoms with E-state index >= 15 is 0 Å². The summed E-state index contributed by atoms with van der Waals surface area (Å²) in [6.45, 7) is 5.77. The molecule has 19 heteroatoms. The van der Waals surface area contributed by atoms with Crippen molar-refractivity contribution < 1.29 is 175 Å². The minimum Gasteiger partial charge on any atom is -1.00 e. The standard InChI is InChI=1S/C12H10N2O3.C12H16N2O.C7H6FNO2.C5H5NO.CH2O3.2CH4.2Cs.H2.H/c1-9-8-10(5-6-11(9)14(16)17)13-7-3-2-4-12(13)15;1-9-8-10(5-6-11(9)13)14-7-3-2-4-12(14)15;1-5-4-6(8)2-3-7(5)9(10)11;7-5-3-1-2-4-6-5;2-1-4-3;;;;;;/h2-8H,1H3;5-6,8H,2-4,7,13H2,1H3;2-4H,1H3;1-4H,(H,6,7);1,3H;2*1H4;;;1H;/q;;;;;;;2*+1;;-1/p-1. The number of aryl methyl sites for hydroxylation is 3. The first-order valence-corrected chi connectivity index (χ1v) is 16.1. The Labute approximate surface area is 456 Å². The summed E-state index contributed by atoms with van der Waals surface area (Å²) in [5.74, 6) is -0.224. The van der Waals surface area contributed by atoms with Crippen molar-refractivity contribution in [1.82, 2.24) is 9.55 Å². The number of H-pyrrole nitrogens is 1. The number of nitrogens with zero attached hydrogens (tertiary/aromatic N) is 4. The average molecular weight is 1050 g/mol. The molecule has 1 amide bonds. The SMILES string of the molecule is C.C.Cc1cc(-n2ccccc2=O)ccc1[N+](=O)[O-].Cc1cc(F)ccc1[N+](=O)[O-].Cc1cc(N2CCCCC2=O)ccc1N.O=CO[O-].O=c1cccc[nH]1.[Cs+].[Cs+].[H-].[HH]. The number of hydrogen-bond acceptors (Lipinski definition) is 11. The summed E-state index contributed by atoms with van der Waals surface area (Å²) in [6, 6.07) is 23.5. The fourth-order valence-electron chi connectivity index (χ4n) is 4.74. The Kier molecular flexibility index (Phi) is 32.7. The monoisotopic (exact) mass is 1050 g/mol. The molecule has 1 saturated heterocycles. The van der Waals surface area contributed by atoms with Crippen molar-refractivity contribution in [3.05, 3.63) is 167 Å². The van der Waals surface area contributed by atoms with Gasteiger partial charge in [0.1, 0.15) is 5.82 Å². The molecule has 0 bridgehead atoms. The van der Waals surface area contributed by atoms with Crippen LogP contribution in [0.1, 0.15) is 53.7 Å². The van der Waals surface area contributed by atoms with Gasteiger partial charge in [-0.05, 0) is 93.8 Å². The minimum absolute atomic E-state index is 0. The largest absolute Gasteiger partial charge is 1.00 e. The van der Waals surface area contributed by atoms with Gasteiger partial charge in [-0.1, -0.05) is 27.0 Å². The van der Waals surface area contributed by atoms with Crippen molar-refractivity contribution >= 4 is 35.1 Å². The number of amides is 1. The second-order valence-corrected chi connectivity index (χ2v) is 11.3. The molecule has 1 aliphatic heterocycles. The van der Waals surface area contributed by atoms with Crippen LogP contribution in [-0.2, 0) is 14.5 Å². The van der Waals surface area contributed by atoms with E-state index < -0.39 is 15.7 Å². The topological polar surface area (TPSA) is 237 Å². The summed E-state index contributed by atoms with van der Waals surface area (Å²) in [7, 11) is 0. The number of nitrogens with two attached hydrogens (primary N) is 1. The number of halogens is 1. The number of nitrogens with one attached hydrogen (secondary N) is 1. The van der Waals surface area contributed by atoms with Gasteiger partial charge in [0.25, 0.3) is 23.4 Å². The molecule has 1 fully saturated rings. The normalized spacial score (nSPS) is 10.6. The molecule has 0 atom stereocenters. The summed E-state index contributed by atoms with van der Waals surface area (Å²) < 4.78 is 13.8. The maximum atomic E-state index is 12.4. The minimum atomic E-state index is -0.533. The van der Waals surface area contributed by atoms with Crippen molar-refractivity contribution in [3.63, 3.8) is 0 Å². The molecule has 6 rings (SSSR count). The second kappa shape index (κ2) is 31.9.